The Balaban J connectivity index is 1.89. The van der Waals surface area contributed by atoms with Gasteiger partial charge in [-0.15, -0.1) is 0 Å². The summed E-state index contributed by atoms with van der Waals surface area (Å²) in [5, 5.41) is 4.35. The highest BCUT2D eigenvalue weighted by Crippen LogP contribution is 2.21. The lowest BCUT2D eigenvalue weighted by Crippen LogP contribution is -2.13. The van der Waals surface area contributed by atoms with Crippen molar-refractivity contribution in [3.63, 3.8) is 0 Å². The van der Waals surface area contributed by atoms with Crippen molar-refractivity contribution < 1.29 is 0 Å². The van der Waals surface area contributed by atoms with Crippen molar-refractivity contribution in [1.82, 2.24) is 9.61 Å². The van der Waals surface area contributed by atoms with Gasteiger partial charge in [0, 0.05) is 17.8 Å². The molecular formula is C17H19N3. The summed E-state index contributed by atoms with van der Waals surface area (Å²) in [6.07, 6.45) is 4.65. The third-order valence-corrected chi connectivity index (χ3v) is 3.88. The molecule has 3 heteroatoms. The van der Waals surface area contributed by atoms with Crippen molar-refractivity contribution in [3.05, 3.63) is 71.0 Å². The number of nitrogens with two attached hydrogens (primary N) is 1. The smallest absolute Gasteiger partial charge is 0.0709 e. The van der Waals surface area contributed by atoms with Gasteiger partial charge in [-0.05, 0) is 49.1 Å². The predicted molar refractivity (Wildman–Crippen MR) is 81.7 cm³/mol. The molecular weight excluding hydrogens is 246 g/mol. The Kier molecular flexibility index (Phi) is 3.28. The largest absolute Gasteiger partial charge is 0.324 e. The standard InChI is InChI=1S/C17H19N3/c1-12-6-7-14(9-13(12)2)10-16(18)15-11-19-20-8-4-3-5-17(15)20/h3-9,11,16H,10,18H2,1-2H3. The van der Waals surface area contributed by atoms with E-state index in [1.807, 2.05) is 29.0 Å². The second-order valence-electron chi connectivity index (χ2n) is 5.36. The minimum atomic E-state index is -0.0305. The van der Waals surface area contributed by atoms with E-state index in [-0.39, 0.29) is 6.04 Å². The number of benzene rings is 1. The Morgan fingerprint density at radius 2 is 2.00 bits per heavy atom. The van der Waals surface area contributed by atoms with Crippen LogP contribution in [0.1, 0.15) is 28.3 Å². The van der Waals surface area contributed by atoms with E-state index in [0.717, 1.165) is 17.5 Å². The molecule has 2 N–H and O–H groups in total. The molecule has 20 heavy (non-hydrogen) atoms. The van der Waals surface area contributed by atoms with E-state index >= 15 is 0 Å². The van der Waals surface area contributed by atoms with Gasteiger partial charge in [0.1, 0.15) is 0 Å². The average molecular weight is 265 g/mol. The van der Waals surface area contributed by atoms with E-state index < -0.39 is 0 Å². The fourth-order valence-corrected chi connectivity index (χ4v) is 2.53. The quantitative estimate of drug-likeness (QED) is 0.790. The first-order chi connectivity index (χ1) is 9.65. The maximum absolute atomic E-state index is 6.37. The SMILES string of the molecule is Cc1ccc(CC(N)c2cnn3ccccc23)cc1C. The van der Waals surface area contributed by atoms with Crippen molar-refractivity contribution in [1.29, 1.82) is 0 Å². The molecule has 0 spiro atoms. The van der Waals surface area contributed by atoms with Gasteiger partial charge in [-0.3, -0.25) is 0 Å². The maximum Gasteiger partial charge on any atom is 0.0709 e. The molecule has 1 atom stereocenters. The van der Waals surface area contributed by atoms with E-state index in [1.165, 1.54) is 16.7 Å². The Morgan fingerprint density at radius 3 is 2.80 bits per heavy atom. The summed E-state index contributed by atoms with van der Waals surface area (Å²) in [6, 6.07) is 12.6. The highest BCUT2D eigenvalue weighted by molar-refractivity contribution is 5.55. The number of nitrogens with zero attached hydrogens (tertiary/aromatic N) is 2. The predicted octanol–water partition coefficient (Wildman–Crippen LogP) is 3.19. The second kappa shape index (κ2) is 5.10. The van der Waals surface area contributed by atoms with Crippen LogP contribution in [-0.2, 0) is 6.42 Å². The normalized spacial score (nSPS) is 12.8. The second-order valence-corrected chi connectivity index (χ2v) is 5.36. The first-order valence-corrected chi connectivity index (χ1v) is 6.89. The highest BCUT2D eigenvalue weighted by Gasteiger charge is 2.13. The summed E-state index contributed by atoms with van der Waals surface area (Å²) in [5.41, 5.74) is 12.5. The molecule has 0 aliphatic rings. The van der Waals surface area contributed by atoms with Gasteiger partial charge in [-0.1, -0.05) is 24.3 Å². The van der Waals surface area contributed by atoms with Crippen molar-refractivity contribution in [3.8, 4) is 0 Å². The molecule has 0 aliphatic carbocycles. The lowest BCUT2D eigenvalue weighted by atomic mass is 9.98. The number of pyridine rings is 1. The molecule has 102 valence electrons. The third kappa shape index (κ3) is 2.32. The van der Waals surface area contributed by atoms with Gasteiger partial charge in [0.25, 0.3) is 0 Å². The van der Waals surface area contributed by atoms with Crippen molar-refractivity contribution in [2.45, 2.75) is 26.3 Å². The molecule has 1 aromatic carbocycles. The van der Waals surface area contributed by atoms with Crippen LogP contribution in [-0.4, -0.2) is 9.61 Å². The molecule has 3 aromatic rings. The number of aryl methyl sites for hydroxylation is 2. The number of rotatable bonds is 3. The third-order valence-electron chi connectivity index (χ3n) is 3.88. The van der Waals surface area contributed by atoms with Crippen LogP contribution < -0.4 is 5.73 Å². The monoisotopic (exact) mass is 265 g/mol. The summed E-state index contributed by atoms with van der Waals surface area (Å²) in [5.74, 6) is 0. The number of hydrogen-bond donors (Lipinski definition) is 1. The van der Waals surface area contributed by atoms with Crippen molar-refractivity contribution in [2.75, 3.05) is 0 Å². The molecule has 0 aliphatic heterocycles. The van der Waals surface area contributed by atoms with Crippen LogP contribution in [0.4, 0.5) is 0 Å². The van der Waals surface area contributed by atoms with E-state index in [9.17, 15) is 0 Å². The molecule has 0 fully saturated rings. The fourth-order valence-electron chi connectivity index (χ4n) is 2.53. The Bertz CT molecular complexity index is 743. The fraction of sp³-hybridized carbons (Fsp3) is 0.235. The van der Waals surface area contributed by atoms with E-state index in [0.29, 0.717) is 0 Å². The Hall–Kier alpha value is -2.13. The molecule has 3 rings (SSSR count). The molecule has 0 radical (unpaired) electrons. The van der Waals surface area contributed by atoms with Gasteiger partial charge in [0.15, 0.2) is 0 Å². The lowest BCUT2D eigenvalue weighted by molar-refractivity contribution is 0.727. The van der Waals surface area contributed by atoms with Crippen LogP contribution >= 0.6 is 0 Å². The maximum atomic E-state index is 6.37. The van der Waals surface area contributed by atoms with Crippen molar-refractivity contribution in [2.24, 2.45) is 5.73 Å². The minimum Gasteiger partial charge on any atom is -0.324 e. The van der Waals surface area contributed by atoms with Crippen LogP contribution in [0.15, 0.2) is 48.8 Å². The Labute approximate surface area is 119 Å². The minimum absolute atomic E-state index is 0.0305. The lowest BCUT2D eigenvalue weighted by Gasteiger charge is -2.12. The first kappa shape index (κ1) is 12.9. The van der Waals surface area contributed by atoms with Gasteiger partial charge in [0.2, 0.25) is 0 Å². The van der Waals surface area contributed by atoms with Gasteiger partial charge >= 0.3 is 0 Å². The van der Waals surface area contributed by atoms with Gasteiger partial charge in [-0.25, -0.2) is 4.52 Å². The molecule has 1 unspecified atom stereocenters. The van der Waals surface area contributed by atoms with Gasteiger partial charge in [-0.2, -0.15) is 5.10 Å². The average Bonchev–Trinajstić information content (AvgIpc) is 2.87. The number of aromatic nitrogens is 2. The molecule has 2 aromatic heterocycles. The first-order valence-electron chi connectivity index (χ1n) is 6.89. The van der Waals surface area contributed by atoms with E-state index in [1.54, 1.807) is 0 Å². The van der Waals surface area contributed by atoms with Crippen molar-refractivity contribution >= 4 is 5.52 Å². The zero-order valence-corrected chi connectivity index (χ0v) is 11.9. The van der Waals surface area contributed by atoms with E-state index in [2.05, 4.69) is 43.2 Å². The zero-order chi connectivity index (χ0) is 14.1. The molecule has 2 heterocycles. The summed E-state index contributed by atoms with van der Waals surface area (Å²) >= 11 is 0. The molecule has 0 saturated carbocycles. The van der Waals surface area contributed by atoms with Crippen LogP contribution in [0.5, 0.6) is 0 Å². The number of hydrogen-bond acceptors (Lipinski definition) is 2. The van der Waals surface area contributed by atoms with Crippen LogP contribution in [0.3, 0.4) is 0 Å². The highest BCUT2D eigenvalue weighted by atomic mass is 15.2. The molecule has 3 nitrogen and oxygen atoms in total. The van der Waals surface area contributed by atoms with Crippen LogP contribution in [0.2, 0.25) is 0 Å². The summed E-state index contributed by atoms with van der Waals surface area (Å²) in [7, 11) is 0. The van der Waals surface area contributed by atoms with Crippen LogP contribution in [0, 0.1) is 13.8 Å². The van der Waals surface area contributed by atoms with Gasteiger partial charge < -0.3 is 5.73 Å². The van der Waals surface area contributed by atoms with E-state index in [4.69, 9.17) is 5.73 Å². The Morgan fingerprint density at radius 1 is 1.15 bits per heavy atom. The molecule has 0 amide bonds. The molecule has 0 bridgehead atoms. The molecule has 0 saturated heterocycles. The van der Waals surface area contributed by atoms with Crippen LogP contribution in [0.25, 0.3) is 5.52 Å². The summed E-state index contributed by atoms with van der Waals surface area (Å²) < 4.78 is 1.87. The number of fused-ring (bicyclic) bond motifs is 1. The van der Waals surface area contributed by atoms with Gasteiger partial charge in [0.05, 0.1) is 11.7 Å². The summed E-state index contributed by atoms with van der Waals surface area (Å²) in [6.45, 7) is 4.27. The zero-order valence-electron chi connectivity index (χ0n) is 11.9. The summed E-state index contributed by atoms with van der Waals surface area (Å²) in [4.78, 5) is 0. The topological polar surface area (TPSA) is 43.3 Å².